The van der Waals surface area contributed by atoms with Crippen LogP contribution in [0.15, 0.2) is 210 Å². The number of hydrogen-bond donors (Lipinski definition) is 0. The molecule has 7 aromatic carbocycles. The Hall–Kier alpha value is -6.95. The van der Waals surface area contributed by atoms with Gasteiger partial charge >= 0.3 is 0 Å². The Morgan fingerprint density at radius 2 is 0.786 bits per heavy atom. The summed E-state index contributed by atoms with van der Waals surface area (Å²) < 4.78 is 0. The first kappa shape index (κ1) is 33.6. The van der Waals surface area contributed by atoms with Crippen molar-refractivity contribution < 1.29 is 0 Å². The summed E-state index contributed by atoms with van der Waals surface area (Å²) in [6, 6.07) is 67.7. The molecule has 5 heteroatoms. The quantitative estimate of drug-likeness (QED) is 0.163. The Morgan fingerprint density at radius 1 is 0.357 bits per heavy atom. The molecular weight excluding hydrogens is 701 g/mol. The lowest BCUT2D eigenvalue weighted by atomic mass is 9.83. The summed E-state index contributed by atoms with van der Waals surface area (Å²) in [6.07, 6.45) is 2.05. The van der Waals surface area contributed by atoms with Gasteiger partial charge in [-0.2, -0.15) is 0 Å². The van der Waals surface area contributed by atoms with E-state index in [0.29, 0.717) is 17.5 Å². The van der Waals surface area contributed by atoms with Crippen molar-refractivity contribution in [2.75, 3.05) is 0 Å². The van der Waals surface area contributed by atoms with Gasteiger partial charge in [-0.25, -0.2) is 15.0 Å². The molecule has 3 heterocycles. The average Bonchev–Trinajstić information content (AvgIpc) is 3.29. The van der Waals surface area contributed by atoms with Crippen LogP contribution in [0.25, 0.3) is 67.5 Å². The summed E-state index contributed by atoms with van der Waals surface area (Å²) in [5.41, 5.74) is 12.6. The Balaban J connectivity index is 1.29. The van der Waals surface area contributed by atoms with E-state index in [9.17, 15) is 0 Å². The fraction of sp³-hybridized carbons (Fsp3) is 0.0196. The molecule has 0 radical (unpaired) electrons. The summed E-state index contributed by atoms with van der Waals surface area (Å²) in [5, 5.41) is 0. The van der Waals surface area contributed by atoms with Crippen LogP contribution in [0.3, 0.4) is 0 Å². The van der Waals surface area contributed by atoms with E-state index >= 15 is 0 Å². The molecule has 0 fully saturated rings. The standard InChI is InChI=1S/C51H34N4S/c1-5-18-34(19-6-1)39-28-17-29-40(35-20-7-2-8-21-35)46(39)38-32-43(48(52-33-38)47-41-26-13-15-30-44(41)56-45-31-16-14-27-42(45)47)51-54-49(36-22-9-3-10-23-36)53-50(55-51)37-24-11-4-12-25-37/h1-33,47H. The van der Waals surface area contributed by atoms with Crippen LogP contribution >= 0.6 is 11.8 Å². The molecule has 10 rings (SSSR count). The molecule has 0 amide bonds. The van der Waals surface area contributed by atoms with Gasteiger partial charge in [0.25, 0.3) is 0 Å². The molecule has 0 saturated heterocycles. The van der Waals surface area contributed by atoms with Crippen molar-refractivity contribution in [2.24, 2.45) is 0 Å². The topological polar surface area (TPSA) is 51.6 Å². The zero-order valence-corrected chi connectivity index (χ0v) is 31.1. The van der Waals surface area contributed by atoms with E-state index < -0.39 is 0 Å². The first-order chi connectivity index (χ1) is 27.8. The van der Waals surface area contributed by atoms with Gasteiger partial charge < -0.3 is 0 Å². The summed E-state index contributed by atoms with van der Waals surface area (Å²) in [7, 11) is 0. The van der Waals surface area contributed by atoms with Gasteiger partial charge in [-0.1, -0.05) is 188 Å². The molecule has 1 aliphatic rings. The number of nitrogens with zero attached hydrogens (tertiary/aromatic N) is 4. The second-order valence-electron chi connectivity index (χ2n) is 13.8. The smallest absolute Gasteiger partial charge is 0.165 e. The largest absolute Gasteiger partial charge is 0.259 e. The maximum atomic E-state index is 5.52. The van der Waals surface area contributed by atoms with E-state index in [-0.39, 0.29) is 5.92 Å². The minimum atomic E-state index is -0.150. The maximum absolute atomic E-state index is 5.52. The lowest BCUT2D eigenvalue weighted by molar-refractivity contribution is 0.861. The molecule has 0 saturated carbocycles. The Labute approximate surface area is 330 Å². The Morgan fingerprint density at radius 3 is 1.29 bits per heavy atom. The van der Waals surface area contributed by atoms with Crippen molar-refractivity contribution in [1.82, 2.24) is 19.9 Å². The fourth-order valence-corrected chi connectivity index (χ4v) is 8.87. The van der Waals surface area contributed by atoms with Crippen molar-refractivity contribution in [3.8, 4) is 67.5 Å². The van der Waals surface area contributed by atoms with Crippen LogP contribution in [0.1, 0.15) is 22.7 Å². The third kappa shape index (κ3) is 6.28. The van der Waals surface area contributed by atoms with Crippen LogP contribution in [0, 0.1) is 0 Å². The summed E-state index contributed by atoms with van der Waals surface area (Å²) in [4.78, 5) is 23.6. The molecule has 264 valence electrons. The van der Waals surface area contributed by atoms with Crippen molar-refractivity contribution in [2.45, 2.75) is 15.7 Å². The van der Waals surface area contributed by atoms with Crippen molar-refractivity contribution in [1.29, 1.82) is 0 Å². The minimum absolute atomic E-state index is 0.150. The molecule has 56 heavy (non-hydrogen) atoms. The lowest BCUT2D eigenvalue weighted by Gasteiger charge is -2.29. The molecule has 0 spiro atoms. The van der Waals surface area contributed by atoms with Crippen molar-refractivity contribution in [3.05, 3.63) is 217 Å². The van der Waals surface area contributed by atoms with Crippen LogP contribution in [0.5, 0.6) is 0 Å². The highest BCUT2D eigenvalue weighted by Gasteiger charge is 2.32. The third-order valence-electron chi connectivity index (χ3n) is 10.3. The first-order valence-corrected chi connectivity index (χ1v) is 19.6. The number of aromatic nitrogens is 4. The highest BCUT2D eigenvalue weighted by atomic mass is 32.2. The van der Waals surface area contributed by atoms with Gasteiger partial charge in [-0.3, -0.25) is 4.98 Å². The lowest BCUT2D eigenvalue weighted by Crippen LogP contribution is -2.14. The summed E-state index contributed by atoms with van der Waals surface area (Å²) >= 11 is 1.81. The minimum Gasteiger partial charge on any atom is -0.259 e. The van der Waals surface area contributed by atoms with E-state index in [0.717, 1.165) is 55.8 Å². The van der Waals surface area contributed by atoms with Crippen molar-refractivity contribution >= 4 is 11.8 Å². The fourth-order valence-electron chi connectivity index (χ4n) is 7.73. The average molecular weight is 735 g/mol. The molecule has 1 aliphatic heterocycles. The van der Waals surface area contributed by atoms with Gasteiger partial charge in [0.2, 0.25) is 0 Å². The van der Waals surface area contributed by atoms with Crippen LogP contribution in [0.2, 0.25) is 0 Å². The van der Waals surface area contributed by atoms with E-state index in [1.165, 1.54) is 20.9 Å². The SMILES string of the molecule is c1ccc(-c2nc(-c3ccccc3)nc(-c3cc(-c4c(-c5ccccc5)cccc4-c4ccccc4)cnc3C3c4ccccc4Sc4ccccc43)n2)cc1. The van der Waals surface area contributed by atoms with E-state index in [4.69, 9.17) is 19.9 Å². The predicted octanol–water partition coefficient (Wildman–Crippen LogP) is 12.9. The number of fused-ring (bicyclic) bond motifs is 2. The third-order valence-corrected chi connectivity index (χ3v) is 11.5. The summed E-state index contributed by atoms with van der Waals surface area (Å²) in [5.74, 6) is 1.65. The first-order valence-electron chi connectivity index (χ1n) is 18.8. The molecule has 9 aromatic rings. The van der Waals surface area contributed by atoms with Gasteiger partial charge in [0.15, 0.2) is 17.5 Å². The second kappa shape index (κ2) is 14.7. The van der Waals surface area contributed by atoms with E-state index in [1.54, 1.807) is 0 Å². The number of rotatable bonds is 7. The number of benzene rings is 7. The zero-order chi connectivity index (χ0) is 37.3. The molecule has 0 atom stereocenters. The molecule has 2 aromatic heterocycles. The Kier molecular flexibility index (Phi) is 8.82. The normalized spacial score (nSPS) is 12.1. The molecule has 4 nitrogen and oxygen atoms in total. The van der Waals surface area contributed by atoms with E-state index in [1.807, 2.05) is 48.2 Å². The van der Waals surface area contributed by atoms with Crippen LogP contribution in [-0.2, 0) is 0 Å². The van der Waals surface area contributed by atoms with Crippen molar-refractivity contribution in [3.63, 3.8) is 0 Å². The molecular formula is C51H34N4S. The van der Waals surface area contributed by atoms with Crippen LogP contribution < -0.4 is 0 Å². The molecule has 0 aliphatic carbocycles. The monoisotopic (exact) mass is 734 g/mol. The predicted molar refractivity (Wildman–Crippen MR) is 228 cm³/mol. The highest BCUT2D eigenvalue weighted by molar-refractivity contribution is 7.99. The number of hydrogen-bond acceptors (Lipinski definition) is 5. The second-order valence-corrected chi connectivity index (χ2v) is 14.8. The Bertz CT molecular complexity index is 2670. The maximum Gasteiger partial charge on any atom is 0.165 e. The molecule has 0 unspecified atom stereocenters. The highest BCUT2D eigenvalue weighted by Crippen LogP contribution is 2.50. The van der Waals surface area contributed by atoms with E-state index in [2.05, 4.69) is 164 Å². The van der Waals surface area contributed by atoms with Gasteiger partial charge in [0.1, 0.15) is 0 Å². The number of pyridine rings is 1. The van der Waals surface area contributed by atoms with Gasteiger partial charge in [-0.05, 0) is 57.1 Å². The van der Waals surface area contributed by atoms with Gasteiger partial charge in [0.05, 0.1) is 11.6 Å². The zero-order valence-electron chi connectivity index (χ0n) is 30.3. The molecule has 0 N–H and O–H groups in total. The van der Waals surface area contributed by atoms with Gasteiger partial charge in [0, 0.05) is 38.2 Å². The van der Waals surface area contributed by atoms with Crippen LogP contribution in [-0.4, -0.2) is 19.9 Å². The molecule has 0 bridgehead atoms. The summed E-state index contributed by atoms with van der Waals surface area (Å²) in [6.45, 7) is 0. The van der Waals surface area contributed by atoms with Crippen LogP contribution in [0.4, 0.5) is 0 Å². The van der Waals surface area contributed by atoms with Gasteiger partial charge in [-0.15, -0.1) is 0 Å².